The number of carbonyl (C=O) groups is 1. The molecule has 3 nitrogen and oxygen atoms in total. The Balaban J connectivity index is 2.22. The second kappa shape index (κ2) is 2.40. The van der Waals surface area contributed by atoms with Crippen LogP contribution in [-0.2, 0) is 10.2 Å². The van der Waals surface area contributed by atoms with Crippen molar-refractivity contribution in [1.29, 1.82) is 5.26 Å². The average Bonchev–Trinajstić information content (AvgIpc) is 2.98. The highest BCUT2D eigenvalue weighted by Crippen LogP contribution is 2.60. The van der Waals surface area contributed by atoms with Crippen molar-refractivity contribution in [3.05, 3.63) is 29.8 Å². The number of hydrogen-bond acceptors (Lipinski definition) is 2. The van der Waals surface area contributed by atoms with Crippen molar-refractivity contribution in [1.82, 2.24) is 0 Å². The van der Waals surface area contributed by atoms with Gasteiger partial charge in [-0.2, -0.15) is 5.26 Å². The summed E-state index contributed by atoms with van der Waals surface area (Å²) in [5.74, 6) is -0.0497. The molecule has 2 atom stereocenters. The van der Waals surface area contributed by atoms with Crippen LogP contribution in [0.3, 0.4) is 0 Å². The van der Waals surface area contributed by atoms with Gasteiger partial charge in [-0.25, -0.2) is 0 Å². The highest BCUT2D eigenvalue weighted by atomic mass is 16.2. The van der Waals surface area contributed by atoms with E-state index < -0.39 is 5.41 Å². The SMILES string of the molecule is CN1C(=O)[C@@]2(C[C@@H]2C#N)c2ccccc21. The minimum atomic E-state index is -0.500. The lowest BCUT2D eigenvalue weighted by Crippen LogP contribution is -2.29. The van der Waals surface area contributed by atoms with E-state index in [4.69, 9.17) is 5.26 Å². The average molecular weight is 198 g/mol. The molecular weight excluding hydrogens is 188 g/mol. The van der Waals surface area contributed by atoms with Gasteiger partial charge in [-0.15, -0.1) is 0 Å². The van der Waals surface area contributed by atoms with Crippen LogP contribution in [0, 0.1) is 17.2 Å². The molecule has 0 N–H and O–H groups in total. The number of carbonyl (C=O) groups excluding carboxylic acids is 1. The van der Waals surface area contributed by atoms with Crippen LogP contribution in [0.4, 0.5) is 5.69 Å². The number of likely N-dealkylation sites (N-methyl/N-ethyl adjacent to an activating group) is 1. The van der Waals surface area contributed by atoms with Crippen molar-refractivity contribution in [2.24, 2.45) is 5.92 Å². The summed E-state index contributed by atoms with van der Waals surface area (Å²) in [6, 6.07) is 9.97. The zero-order valence-corrected chi connectivity index (χ0v) is 8.40. The number of nitrogens with zero attached hydrogens (tertiary/aromatic N) is 2. The molecule has 1 aromatic rings. The molecule has 0 saturated heterocycles. The van der Waals surface area contributed by atoms with E-state index in [1.54, 1.807) is 11.9 Å². The Kier molecular flexibility index (Phi) is 1.36. The van der Waals surface area contributed by atoms with Crippen molar-refractivity contribution >= 4 is 11.6 Å². The predicted octanol–water partition coefficient (Wildman–Crippen LogP) is 1.44. The molecule has 1 heterocycles. The number of rotatable bonds is 0. The monoisotopic (exact) mass is 198 g/mol. The van der Waals surface area contributed by atoms with Crippen LogP contribution in [-0.4, -0.2) is 13.0 Å². The summed E-state index contributed by atoms with van der Waals surface area (Å²) in [6.45, 7) is 0. The summed E-state index contributed by atoms with van der Waals surface area (Å²) in [5.41, 5.74) is 1.49. The standard InChI is InChI=1S/C12H10N2O/c1-14-10-5-3-2-4-9(10)12(11(14)15)6-8(12)7-13/h2-5,8H,6H2,1H3/t8-,12-/m1/s1. The molecule has 1 aromatic carbocycles. The molecule has 0 aromatic heterocycles. The van der Waals surface area contributed by atoms with Crippen molar-refractivity contribution in [3.8, 4) is 6.07 Å². The van der Waals surface area contributed by atoms with Gasteiger partial charge in [0.2, 0.25) is 5.91 Å². The van der Waals surface area contributed by atoms with Gasteiger partial charge < -0.3 is 4.90 Å². The maximum Gasteiger partial charge on any atom is 0.238 e. The molecule has 1 aliphatic carbocycles. The van der Waals surface area contributed by atoms with E-state index in [-0.39, 0.29) is 11.8 Å². The molecule has 0 radical (unpaired) electrons. The Morgan fingerprint density at radius 1 is 1.53 bits per heavy atom. The zero-order chi connectivity index (χ0) is 10.6. The number of benzene rings is 1. The van der Waals surface area contributed by atoms with Gasteiger partial charge in [-0.05, 0) is 18.1 Å². The maximum atomic E-state index is 12.1. The van der Waals surface area contributed by atoms with Gasteiger partial charge in [0.05, 0.1) is 17.4 Å². The summed E-state index contributed by atoms with van der Waals surface area (Å²) in [4.78, 5) is 13.8. The summed E-state index contributed by atoms with van der Waals surface area (Å²) in [6.07, 6.45) is 0.684. The minimum absolute atomic E-state index is 0.0789. The lowest BCUT2D eigenvalue weighted by atomic mass is 9.95. The minimum Gasteiger partial charge on any atom is -0.314 e. The second-order valence-electron chi connectivity index (χ2n) is 4.24. The van der Waals surface area contributed by atoms with Crippen LogP contribution in [0.5, 0.6) is 0 Å². The van der Waals surface area contributed by atoms with Crippen LogP contribution < -0.4 is 4.90 Å². The molecule has 0 unspecified atom stereocenters. The third-order valence-electron chi connectivity index (χ3n) is 3.55. The van der Waals surface area contributed by atoms with E-state index in [0.717, 1.165) is 11.3 Å². The zero-order valence-electron chi connectivity index (χ0n) is 8.40. The first kappa shape index (κ1) is 8.49. The summed E-state index contributed by atoms with van der Waals surface area (Å²) >= 11 is 0. The quantitative estimate of drug-likeness (QED) is 0.633. The van der Waals surface area contributed by atoms with Crippen LogP contribution in [0.25, 0.3) is 0 Å². The first-order chi connectivity index (χ1) is 7.21. The van der Waals surface area contributed by atoms with Gasteiger partial charge in [0.15, 0.2) is 0 Å². The van der Waals surface area contributed by atoms with Gasteiger partial charge in [0.25, 0.3) is 0 Å². The molecule has 0 bridgehead atoms. The van der Waals surface area contributed by atoms with E-state index in [1.807, 2.05) is 24.3 Å². The third-order valence-corrected chi connectivity index (χ3v) is 3.55. The second-order valence-corrected chi connectivity index (χ2v) is 4.24. The van der Waals surface area contributed by atoms with Crippen molar-refractivity contribution in [2.45, 2.75) is 11.8 Å². The van der Waals surface area contributed by atoms with Crippen LogP contribution in [0.15, 0.2) is 24.3 Å². The van der Waals surface area contributed by atoms with E-state index in [2.05, 4.69) is 6.07 Å². The highest BCUT2D eigenvalue weighted by molar-refractivity contribution is 6.10. The smallest absolute Gasteiger partial charge is 0.238 e. The predicted molar refractivity (Wildman–Crippen MR) is 55.3 cm³/mol. The molecule has 2 aliphatic rings. The number of amides is 1. The summed E-state index contributed by atoms with van der Waals surface area (Å²) < 4.78 is 0. The van der Waals surface area contributed by atoms with Gasteiger partial charge in [-0.1, -0.05) is 18.2 Å². The summed E-state index contributed by atoms with van der Waals surface area (Å²) in [5, 5.41) is 8.94. The number of fused-ring (bicyclic) bond motifs is 2. The maximum absolute atomic E-state index is 12.1. The largest absolute Gasteiger partial charge is 0.314 e. The Hall–Kier alpha value is -1.82. The van der Waals surface area contributed by atoms with E-state index in [0.29, 0.717) is 6.42 Å². The number of nitriles is 1. The highest BCUT2D eigenvalue weighted by Gasteiger charge is 2.66. The number of para-hydroxylation sites is 1. The van der Waals surface area contributed by atoms with Crippen molar-refractivity contribution < 1.29 is 4.79 Å². The molecular formula is C12H10N2O. The van der Waals surface area contributed by atoms with Gasteiger partial charge in [-0.3, -0.25) is 4.79 Å². The molecule has 1 aliphatic heterocycles. The summed E-state index contributed by atoms with van der Waals surface area (Å²) in [7, 11) is 1.78. The topological polar surface area (TPSA) is 44.1 Å². The normalized spacial score (nSPS) is 31.6. The lowest BCUT2D eigenvalue weighted by Gasteiger charge is -2.09. The van der Waals surface area contributed by atoms with Crippen LogP contribution >= 0.6 is 0 Å². The molecule has 15 heavy (non-hydrogen) atoms. The molecule has 74 valence electrons. The van der Waals surface area contributed by atoms with E-state index in [9.17, 15) is 4.79 Å². The molecule has 1 amide bonds. The molecule has 3 heteroatoms. The molecule has 1 spiro atoms. The van der Waals surface area contributed by atoms with Gasteiger partial charge in [0.1, 0.15) is 0 Å². The van der Waals surface area contributed by atoms with Gasteiger partial charge >= 0.3 is 0 Å². The Morgan fingerprint density at radius 2 is 2.27 bits per heavy atom. The fourth-order valence-electron chi connectivity index (χ4n) is 2.62. The van der Waals surface area contributed by atoms with E-state index in [1.165, 1.54) is 0 Å². The Bertz CT molecular complexity index is 503. The molecule has 1 saturated carbocycles. The first-order valence-corrected chi connectivity index (χ1v) is 4.99. The van der Waals surface area contributed by atoms with E-state index >= 15 is 0 Å². The fourth-order valence-corrected chi connectivity index (χ4v) is 2.62. The Morgan fingerprint density at radius 3 is 2.93 bits per heavy atom. The Labute approximate surface area is 87.9 Å². The fraction of sp³-hybridized carbons (Fsp3) is 0.333. The molecule has 3 rings (SSSR count). The van der Waals surface area contributed by atoms with Gasteiger partial charge in [0, 0.05) is 12.7 Å². The van der Waals surface area contributed by atoms with Crippen LogP contribution in [0.1, 0.15) is 12.0 Å². The van der Waals surface area contributed by atoms with Crippen molar-refractivity contribution in [2.75, 3.05) is 11.9 Å². The lowest BCUT2D eigenvalue weighted by molar-refractivity contribution is -0.120. The first-order valence-electron chi connectivity index (χ1n) is 4.99. The molecule has 1 fully saturated rings. The third kappa shape index (κ3) is 0.782. The van der Waals surface area contributed by atoms with Crippen LogP contribution in [0.2, 0.25) is 0 Å². The van der Waals surface area contributed by atoms with Crippen molar-refractivity contribution in [3.63, 3.8) is 0 Å². The number of hydrogen-bond donors (Lipinski definition) is 0. The number of anilines is 1.